The summed E-state index contributed by atoms with van der Waals surface area (Å²) in [6.45, 7) is 2.63. The summed E-state index contributed by atoms with van der Waals surface area (Å²) < 4.78 is 26.7. The molecule has 2 aromatic rings. The molecular weight excluding hydrogens is 425 g/mol. The summed E-state index contributed by atoms with van der Waals surface area (Å²) >= 11 is 11.9. The molecule has 0 aromatic heterocycles. The lowest BCUT2D eigenvalue weighted by atomic mass is 10.2. The third-order valence-corrected chi connectivity index (χ3v) is 6.29. The summed E-state index contributed by atoms with van der Waals surface area (Å²) in [5.74, 6) is -0.784. The van der Waals surface area contributed by atoms with Gasteiger partial charge in [0.1, 0.15) is 4.90 Å². The molecule has 0 radical (unpaired) electrons. The number of halogens is 2. The second-order valence-electron chi connectivity index (χ2n) is 5.82. The number of nitrogens with one attached hydrogen (secondary N) is 2. The van der Waals surface area contributed by atoms with E-state index in [-0.39, 0.29) is 27.4 Å². The van der Waals surface area contributed by atoms with Crippen LogP contribution in [-0.2, 0) is 19.6 Å². The number of hydrogen-bond donors (Lipinski definition) is 2. The number of carbonyl (C=O) groups excluding carboxylic acids is 2. The van der Waals surface area contributed by atoms with E-state index in [1.807, 2.05) is 0 Å². The lowest BCUT2D eigenvalue weighted by molar-refractivity contribution is -0.116. The second kappa shape index (κ2) is 9.38. The lowest BCUT2D eigenvalue weighted by Crippen LogP contribution is -2.38. The molecule has 10 heteroatoms. The first-order valence-corrected chi connectivity index (χ1v) is 10.5. The molecule has 0 fully saturated rings. The zero-order chi connectivity index (χ0) is 20.9. The highest BCUT2D eigenvalue weighted by Gasteiger charge is 2.27. The van der Waals surface area contributed by atoms with E-state index in [0.717, 1.165) is 4.31 Å². The molecule has 0 unspecified atom stereocenters. The minimum Gasteiger partial charge on any atom is -0.326 e. The number of anilines is 2. The lowest BCUT2D eigenvalue weighted by Gasteiger charge is -2.21. The molecular formula is C18H19Cl2N3O4S. The van der Waals surface area contributed by atoms with E-state index in [9.17, 15) is 18.0 Å². The molecule has 0 aliphatic rings. The predicted octanol–water partition coefficient (Wildman–Crippen LogP) is 3.60. The standard InChI is InChI=1S/C18H19Cl2N3O4S/c1-3-23(28(26,27)17-9-13(19)7-8-16(17)20)11-18(25)22-15-6-4-5-14(10-15)21-12(2)24/h4-10H,3,11H2,1-2H3,(H,21,24)(H,22,25). The molecule has 2 aromatic carbocycles. The van der Waals surface area contributed by atoms with Crippen molar-refractivity contribution in [2.75, 3.05) is 23.7 Å². The van der Waals surface area contributed by atoms with E-state index in [0.29, 0.717) is 11.4 Å². The van der Waals surface area contributed by atoms with Crippen LogP contribution < -0.4 is 10.6 Å². The van der Waals surface area contributed by atoms with Gasteiger partial charge in [-0.25, -0.2) is 8.42 Å². The molecule has 2 amide bonds. The zero-order valence-corrected chi connectivity index (χ0v) is 17.5. The van der Waals surface area contributed by atoms with Crippen LogP contribution in [0.3, 0.4) is 0 Å². The molecule has 0 spiro atoms. The summed E-state index contributed by atoms with van der Waals surface area (Å²) in [7, 11) is -4.02. The molecule has 0 heterocycles. The maximum Gasteiger partial charge on any atom is 0.245 e. The number of rotatable bonds is 7. The molecule has 28 heavy (non-hydrogen) atoms. The third-order valence-electron chi connectivity index (χ3n) is 3.65. The van der Waals surface area contributed by atoms with Gasteiger partial charge in [-0.15, -0.1) is 0 Å². The smallest absolute Gasteiger partial charge is 0.245 e. The second-order valence-corrected chi connectivity index (χ2v) is 8.57. The van der Waals surface area contributed by atoms with Crippen LogP contribution in [0, 0.1) is 0 Å². The highest BCUT2D eigenvalue weighted by atomic mass is 35.5. The van der Waals surface area contributed by atoms with Gasteiger partial charge in [0.15, 0.2) is 0 Å². The summed E-state index contributed by atoms with van der Waals surface area (Å²) in [5.41, 5.74) is 0.932. The van der Waals surface area contributed by atoms with Gasteiger partial charge in [-0.3, -0.25) is 9.59 Å². The van der Waals surface area contributed by atoms with Crippen LogP contribution in [0.1, 0.15) is 13.8 Å². The van der Waals surface area contributed by atoms with E-state index in [4.69, 9.17) is 23.2 Å². The van der Waals surface area contributed by atoms with Gasteiger partial charge in [-0.05, 0) is 36.4 Å². The Balaban J connectivity index is 2.17. The van der Waals surface area contributed by atoms with Crippen molar-refractivity contribution in [3.05, 3.63) is 52.5 Å². The number of benzene rings is 2. The Morgan fingerprint density at radius 2 is 1.68 bits per heavy atom. The van der Waals surface area contributed by atoms with Crippen molar-refractivity contribution in [3.8, 4) is 0 Å². The van der Waals surface area contributed by atoms with Gasteiger partial charge < -0.3 is 10.6 Å². The molecule has 2 N–H and O–H groups in total. The first kappa shape index (κ1) is 22.2. The largest absolute Gasteiger partial charge is 0.326 e. The fourth-order valence-corrected chi connectivity index (χ4v) is 4.56. The van der Waals surface area contributed by atoms with Crippen molar-refractivity contribution in [1.29, 1.82) is 0 Å². The minimum absolute atomic E-state index is 0.0197. The van der Waals surface area contributed by atoms with Crippen molar-refractivity contribution < 1.29 is 18.0 Å². The Hall–Kier alpha value is -2.13. The Kier molecular flexibility index (Phi) is 7.42. The van der Waals surface area contributed by atoms with Crippen LogP contribution in [-0.4, -0.2) is 37.6 Å². The normalized spacial score (nSPS) is 11.3. The van der Waals surface area contributed by atoms with Crippen LogP contribution in [0.2, 0.25) is 10.0 Å². The van der Waals surface area contributed by atoms with Gasteiger partial charge in [0, 0.05) is 29.9 Å². The SMILES string of the molecule is CCN(CC(=O)Nc1cccc(NC(C)=O)c1)S(=O)(=O)c1cc(Cl)ccc1Cl. The fraction of sp³-hybridized carbons (Fsp3) is 0.222. The van der Waals surface area contributed by atoms with Gasteiger partial charge in [0.2, 0.25) is 21.8 Å². The molecule has 2 rings (SSSR count). The monoisotopic (exact) mass is 443 g/mol. The number of carbonyl (C=O) groups is 2. The predicted molar refractivity (Wildman–Crippen MR) is 110 cm³/mol. The fourth-order valence-electron chi connectivity index (χ4n) is 2.42. The van der Waals surface area contributed by atoms with E-state index in [1.54, 1.807) is 31.2 Å². The van der Waals surface area contributed by atoms with Crippen LogP contribution in [0.5, 0.6) is 0 Å². The molecule has 150 valence electrons. The Bertz CT molecular complexity index is 996. The maximum atomic E-state index is 12.9. The van der Waals surface area contributed by atoms with Crippen LogP contribution in [0.4, 0.5) is 11.4 Å². The Morgan fingerprint density at radius 3 is 2.29 bits per heavy atom. The van der Waals surface area contributed by atoms with Crippen molar-refractivity contribution >= 4 is 56.4 Å². The molecule has 7 nitrogen and oxygen atoms in total. The van der Waals surface area contributed by atoms with Gasteiger partial charge in [0.05, 0.1) is 11.6 Å². The summed E-state index contributed by atoms with van der Waals surface area (Å²) in [4.78, 5) is 23.4. The van der Waals surface area contributed by atoms with Crippen molar-refractivity contribution in [2.24, 2.45) is 0 Å². The first-order chi connectivity index (χ1) is 13.1. The Morgan fingerprint density at radius 1 is 1.04 bits per heavy atom. The average Bonchev–Trinajstić information content (AvgIpc) is 2.61. The number of nitrogens with zero attached hydrogens (tertiary/aromatic N) is 1. The van der Waals surface area contributed by atoms with Gasteiger partial charge in [-0.2, -0.15) is 4.31 Å². The summed E-state index contributed by atoms with van der Waals surface area (Å²) in [5, 5.41) is 5.46. The number of sulfonamides is 1. The quantitative estimate of drug-likeness (QED) is 0.682. The minimum atomic E-state index is -4.02. The van der Waals surface area contributed by atoms with Crippen LogP contribution >= 0.6 is 23.2 Å². The summed E-state index contributed by atoms with van der Waals surface area (Å²) in [6.07, 6.45) is 0. The number of amides is 2. The van der Waals surface area contributed by atoms with E-state index in [1.165, 1.54) is 25.1 Å². The topological polar surface area (TPSA) is 95.6 Å². The van der Waals surface area contributed by atoms with Crippen molar-refractivity contribution in [3.63, 3.8) is 0 Å². The van der Waals surface area contributed by atoms with Gasteiger partial charge in [0.25, 0.3) is 0 Å². The van der Waals surface area contributed by atoms with Gasteiger partial charge in [-0.1, -0.05) is 36.2 Å². The van der Waals surface area contributed by atoms with Crippen LogP contribution in [0.25, 0.3) is 0 Å². The highest BCUT2D eigenvalue weighted by Crippen LogP contribution is 2.27. The summed E-state index contributed by atoms with van der Waals surface area (Å²) in [6, 6.07) is 10.6. The van der Waals surface area contributed by atoms with E-state index < -0.39 is 22.5 Å². The van der Waals surface area contributed by atoms with E-state index in [2.05, 4.69) is 10.6 Å². The van der Waals surface area contributed by atoms with Crippen molar-refractivity contribution in [1.82, 2.24) is 4.31 Å². The molecule has 0 saturated heterocycles. The molecule has 0 bridgehead atoms. The molecule has 0 saturated carbocycles. The Labute approximate surface area is 173 Å². The third kappa shape index (κ3) is 5.68. The zero-order valence-electron chi connectivity index (χ0n) is 15.2. The van der Waals surface area contributed by atoms with Crippen molar-refractivity contribution in [2.45, 2.75) is 18.7 Å². The van der Waals surface area contributed by atoms with Gasteiger partial charge >= 0.3 is 0 Å². The average molecular weight is 444 g/mol. The number of likely N-dealkylation sites (N-methyl/N-ethyl adjacent to an activating group) is 1. The highest BCUT2D eigenvalue weighted by molar-refractivity contribution is 7.89. The molecule has 0 aliphatic heterocycles. The maximum absolute atomic E-state index is 12.9. The van der Waals surface area contributed by atoms with Crippen LogP contribution in [0.15, 0.2) is 47.4 Å². The van der Waals surface area contributed by atoms with E-state index >= 15 is 0 Å². The molecule has 0 aliphatic carbocycles. The first-order valence-electron chi connectivity index (χ1n) is 8.26. The molecule has 0 atom stereocenters. The number of hydrogen-bond acceptors (Lipinski definition) is 4.